The third kappa shape index (κ3) is 4.31. The summed E-state index contributed by atoms with van der Waals surface area (Å²) in [7, 11) is -3.82. The molecule has 23 heavy (non-hydrogen) atoms. The quantitative estimate of drug-likeness (QED) is 0.856. The monoisotopic (exact) mass is 357 g/mol. The van der Waals surface area contributed by atoms with E-state index in [0.29, 0.717) is 5.02 Å². The van der Waals surface area contributed by atoms with E-state index in [1.165, 1.54) is 36.6 Å². The van der Waals surface area contributed by atoms with Crippen LogP contribution in [0.2, 0.25) is 5.02 Å². The summed E-state index contributed by atoms with van der Waals surface area (Å²) < 4.78 is 31.1. The van der Waals surface area contributed by atoms with Crippen molar-refractivity contribution in [2.24, 2.45) is 0 Å². The lowest BCUT2D eigenvalue weighted by Gasteiger charge is -2.25. The summed E-state index contributed by atoms with van der Waals surface area (Å²) in [5.74, 6) is -0.285. The average molecular weight is 358 g/mol. The Labute approximate surface area is 139 Å². The minimum atomic E-state index is -3.82. The van der Waals surface area contributed by atoms with Crippen LogP contribution in [-0.2, 0) is 14.8 Å². The highest BCUT2D eigenvalue weighted by atomic mass is 35.5. The molecule has 0 saturated carbocycles. The van der Waals surface area contributed by atoms with E-state index in [4.69, 9.17) is 11.6 Å². The van der Waals surface area contributed by atoms with E-state index in [9.17, 15) is 13.2 Å². The van der Waals surface area contributed by atoms with Crippen molar-refractivity contribution in [1.29, 1.82) is 0 Å². The molecule has 1 aromatic carbocycles. The molecule has 0 saturated heterocycles. The van der Waals surface area contributed by atoms with E-state index in [0.717, 1.165) is 4.31 Å². The average Bonchev–Trinajstić information content (AvgIpc) is 2.97. The first-order valence-corrected chi connectivity index (χ1v) is 8.60. The third-order valence-electron chi connectivity index (χ3n) is 3.00. The van der Waals surface area contributed by atoms with Gasteiger partial charge in [-0.15, -0.1) is 0 Å². The lowest BCUT2D eigenvalue weighted by atomic mass is 10.4. The summed E-state index contributed by atoms with van der Waals surface area (Å²) in [6, 6.07) is 6.85. The molecule has 1 N–H and O–H groups in total. The molecule has 0 bridgehead atoms. The molecule has 0 spiro atoms. The van der Waals surface area contributed by atoms with Gasteiger partial charge in [-0.2, -0.15) is 4.31 Å². The summed E-state index contributed by atoms with van der Waals surface area (Å²) in [4.78, 5) is 12.1. The molecular weight excluding hydrogens is 342 g/mol. The van der Waals surface area contributed by atoms with Crippen molar-refractivity contribution in [3.8, 4) is 0 Å². The van der Waals surface area contributed by atoms with Gasteiger partial charge in [0.1, 0.15) is 6.26 Å². The lowest BCUT2D eigenvalue weighted by molar-refractivity contribution is -0.116. The number of anilines is 1. The predicted molar refractivity (Wildman–Crippen MR) is 85.6 cm³/mol. The van der Waals surface area contributed by atoms with Gasteiger partial charge in [0, 0.05) is 17.1 Å². The van der Waals surface area contributed by atoms with Gasteiger partial charge in [0.05, 0.1) is 11.4 Å². The maximum Gasteiger partial charge on any atom is 0.243 e. The number of benzene rings is 1. The van der Waals surface area contributed by atoms with Gasteiger partial charge in [-0.1, -0.05) is 16.8 Å². The van der Waals surface area contributed by atoms with E-state index in [1.54, 1.807) is 13.8 Å². The Morgan fingerprint density at radius 2 is 1.96 bits per heavy atom. The molecule has 7 nitrogen and oxygen atoms in total. The molecule has 2 rings (SSSR count). The van der Waals surface area contributed by atoms with Crippen LogP contribution in [0.3, 0.4) is 0 Å². The first-order chi connectivity index (χ1) is 10.8. The first kappa shape index (κ1) is 17.5. The molecule has 0 atom stereocenters. The van der Waals surface area contributed by atoms with Crippen molar-refractivity contribution >= 4 is 33.3 Å². The number of sulfonamides is 1. The second-order valence-corrected chi connectivity index (χ2v) is 7.36. The molecule has 9 heteroatoms. The van der Waals surface area contributed by atoms with Crippen molar-refractivity contribution in [3.05, 3.63) is 41.6 Å². The Balaban J connectivity index is 2.20. The van der Waals surface area contributed by atoms with E-state index in [2.05, 4.69) is 15.0 Å². The zero-order valence-electron chi connectivity index (χ0n) is 12.6. The Morgan fingerprint density at radius 1 is 1.30 bits per heavy atom. The second kappa shape index (κ2) is 7.12. The first-order valence-electron chi connectivity index (χ1n) is 6.78. The minimum Gasteiger partial charge on any atom is -0.363 e. The molecule has 0 radical (unpaired) electrons. The van der Waals surface area contributed by atoms with E-state index >= 15 is 0 Å². The summed E-state index contributed by atoms with van der Waals surface area (Å²) in [5, 5.41) is 6.45. The molecule has 0 unspecified atom stereocenters. The number of hydrogen-bond donors (Lipinski definition) is 1. The van der Waals surface area contributed by atoms with Crippen LogP contribution in [0.15, 0.2) is 46.0 Å². The van der Waals surface area contributed by atoms with Crippen LogP contribution in [0.4, 0.5) is 5.82 Å². The van der Waals surface area contributed by atoms with Crippen molar-refractivity contribution < 1.29 is 17.7 Å². The Morgan fingerprint density at radius 3 is 2.48 bits per heavy atom. The van der Waals surface area contributed by atoms with E-state index in [-0.39, 0.29) is 17.3 Å². The third-order valence-corrected chi connectivity index (χ3v) is 5.29. The Kier molecular flexibility index (Phi) is 5.40. The lowest BCUT2D eigenvalue weighted by Crippen LogP contribution is -2.42. The molecule has 0 aliphatic carbocycles. The highest BCUT2D eigenvalue weighted by Gasteiger charge is 2.29. The zero-order chi connectivity index (χ0) is 17.0. The van der Waals surface area contributed by atoms with Crippen molar-refractivity contribution in [3.63, 3.8) is 0 Å². The van der Waals surface area contributed by atoms with Gasteiger partial charge in [-0.25, -0.2) is 8.42 Å². The number of nitrogens with zero attached hydrogens (tertiary/aromatic N) is 2. The molecule has 0 aliphatic rings. The van der Waals surface area contributed by atoms with Gasteiger partial charge >= 0.3 is 0 Å². The van der Waals surface area contributed by atoms with Crippen LogP contribution >= 0.6 is 11.6 Å². The molecule has 1 heterocycles. The van der Waals surface area contributed by atoms with Crippen LogP contribution in [0.5, 0.6) is 0 Å². The predicted octanol–water partition coefficient (Wildman–Crippen LogP) is 2.37. The number of aromatic nitrogens is 1. The number of amides is 1. The largest absolute Gasteiger partial charge is 0.363 e. The molecule has 1 aromatic heterocycles. The van der Waals surface area contributed by atoms with Crippen molar-refractivity contribution in [2.45, 2.75) is 24.8 Å². The summed E-state index contributed by atoms with van der Waals surface area (Å²) in [6.45, 7) is 3.04. The van der Waals surface area contributed by atoms with Crippen LogP contribution in [0.1, 0.15) is 13.8 Å². The van der Waals surface area contributed by atoms with Crippen molar-refractivity contribution in [1.82, 2.24) is 9.46 Å². The molecule has 124 valence electrons. The number of halogens is 1. The standard InChI is InChI=1S/C14H16ClN3O4S/c1-10(2)18(9-14(19)16-13-7-8-22-17-13)23(20,21)12-5-3-11(15)4-6-12/h3-8,10H,9H2,1-2H3,(H,16,17,19). The molecule has 0 fully saturated rings. The van der Waals surface area contributed by atoms with Gasteiger partial charge in [0.2, 0.25) is 15.9 Å². The smallest absolute Gasteiger partial charge is 0.243 e. The SMILES string of the molecule is CC(C)N(CC(=O)Nc1ccon1)S(=O)(=O)c1ccc(Cl)cc1. The maximum absolute atomic E-state index is 12.7. The highest BCUT2D eigenvalue weighted by molar-refractivity contribution is 7.89. The van der Waals surface area contributed by atoms with Gasteiger partial charge in [0.25, 0.3) is 0 Å². The fraction of sp³-hybridized carbons (Fsp3) is 0.286. The van der Waals surface area contributed by atoms with Gasteiger partial charge < -0.3 is 9.84 Å². The highest BCUT2D eigenvalue weighted by Crippen LogP contribution is 2.20. The topological polar surface area (TPSA) is 92.5 Å². The minimum absolute atomic E-state index is 0.0739. The molecule has 1 amide bonds. The van der Waals surface area contributed by atoms with Crippen LogP contribution < -0.4 is 5.32 Å². The fourth-order valence-corrected chi connectivity index (χ4v) is 3.61. The van der Waals surface area contributed by atoms with Crippen molar-refractivity contribution in [2.75, 3.05) is 11.9 Å². The van der Waals surface area contributed by atoms with E-state index < -0.39 is 22.0 Å². The number of rotatable bonds is 6. The second-order valence-electron chi connectivity index (χ2n) is 5.03. The van der Waals surface area contributed by atoms with Gasteiger partial charge in [0.15, 0.2) is 5.82 Å². The summed E-state index contributed by atoms with van der Waals surface area (Å²) in [6.07, 6.45) is 1.31. The number of carbonyl (C=O) groups excluding carboxylic acids is 1. The molecule has 0 aliphatic heterocycles. The molecular formula is C14H16ClN3O4S. The number of carbonyl (C=O) groups is 1. The summed E-state index contributed by atoms with van der Waals surface area (Å²) >= 11 is 5.78. The number of hydrogen-bond acceptors (Lipinski definition) is 5. The zero-order valence-corrected chi connectivity index (χ0v) is 14.1. The maximum atomic E-state index is 12.7. The fourth-order valence-electron chi connectivity index (χ4n) is 1.89. The Bertz CT molecular complexity index is 758. The normalized spacial score (nSPS) is 11.9. The van der Waals surface area contributed by atoms with E-state index in [1.807, 2.05) is 0 Å². The number of nitrogens with one attached hydrogen (secondary N) is 1. The van der Waals surface area contributed by atoms with Gasteiger partial charge in [-0.05, 0) is 38.1 Å². The Hall–Kier alpha value is -1.90. The van der Waals surface area contributed by atoms with Gasteiger partial charge in [-0.3, -0.25) is 4.79 Å². The van der Waals surface area contributed by atoms with Crippen LogP contribution in [0, 0.1) is 0 Å². The summed E-state index contributed by atoms with van der Waals surface area (Å²) in [5.41, 5.74) is 0. The molecule has 2 aromatic rings. The van der Waals surface area contributed by atoms with Crippen LogP contribution in [-0.4, -0.2) is 36.4 Å². The van der Waals surface area contributed by atoms with Crippen LogP contribution in [0.25, 0.3) is 0 Å².